The van der Waals surface area contributed by atoms with Crippen LogP contribution in [0, 0.1) is 0 Å². The topological polar surface area (TPSA) is 20.2 Å². The maximum absolute atomic E-state index is 10.1. The molecule has 1 N–H and O–H groups in total. The second-order valence-electron chi connectivity index (χ2n) is 3.78. The van der Waals surface area contributed by atoms with Crippen molar-refractivity contribution in [3.05, 3.63) is 53.0 Å². The van der Waals surface area contributed by atoms with Gasteiger partial charge in [0, 0.05) is 5.39 Å². The molecule has 3 aromatic rings. The van der Waals surface area contributed by atoms with E-state index in [0.29, 0.717) is 5.75 Å². The van der Waals surface area contributed by atoms with Crippen molar-refractivity contribution in [1.29, 1.82) is 0 Å². The number of hydrogen-bond acceptors (Lipinski definition) is 1. The standard InChI is InChI=1S/C14H9BrO/c15-12-8-7-10-6-5-9-3-1-2-4-11(9)13(10)14(12)16/h1-8,16H. The lowest BCUT2D eigenvalue weighted by molar-refractivity contribution is 0.479. The number of fused-ring (bicyclic) bond motifs is 3. The second-order valence-corrected chi connectivity index (χ2v) is 4.64. The molecule has 3 rings (SSSR count). The Labute approximate surface area is 101 Å². The molecule has 0 aromatic heterocycles. The fourth-order valence-electron chi connectivity index (χ4n) is 2.05. The molecule has 0 radical (unpaired) electrons. The van der Waals surface area contributed by atoms with Gasteiger partial charge >= 0.3 is 0 Å². The van der Waals surface area contributed by atoms with Crippen molar-refractivity contribution in [2.75, 3.05) is 0 Å². The fourth-order valence-corrected chi connectivity index (χ4v) is 2.38. The Balaban J connectivity index is 2.63. The Morgan fingerprint density at radius 2 is 1.50 bits per heavy atom. The number of benzene rings is 3. The van der Waals surface area contributed by atoms with Gasteiger partial charge in [0.05, 0.1) is 4.47 Å². The minimum Gasteiger partial charge on any atom is -0.506 e. The van der Waals surface area contributed by atoms with E-state index in [2.05, 4.69) is 28.1 Å². The van der Waals surface area contributed by atoms with E-state index in [1.807, 2.05) is 36.4 Å². The third-order valence-electron chi connectivity index (χ3n) is 2.83. The van der Waals surface area contributed by atoms with Gasteiger partial charge in [0.15, 0.2) is 0 Å². The van der Waals surface area contributed by atoms with Gasteiger partial charge in [-0.15, -0.1) is 0 Å². The summed E-state index contributed by atoms with van der Waals surface area (Å²) >= 11 is 3.35. The Morgan fingerprint density at radius 1 is 0.812 bits per heavy atom. The Hall–Kier alpha value is -1.54. The van der Waals surface area contributed by atoms with Crippen LogP contribution in [-0.4, -0.2) is 5.11 Å². The monoisotopic (exact) mass is 272 g/mol. The van der Waals surface area contributed by atoms with Crippen LogP contribution < -0.4 is 0 Å². The molecule has 0 amide bonds. The van der Waals surface area contributed by atoms with Crippen molar-refractivity contribution in [2.45, 2.75) is 0 Å². The van der Waals surface area contributed by atoms with Gasteiger partial charge in [-0.1, -0.05) is 42.5 Å². The summed E-state index contributed by atoms with van der Waals surface area (Å²) in [5, 5.41) is 14.3. The highest BCUT2D eigenvalue weighted by Crippen LogP contribution is 2.37. The summed E-state index contributed by atoms with van der Waals surface area (Å²) in [4.78, 5) is 0. The van der Waals surface area contributed by atoms with Crippen LogP contribution in [0.5, 0.6) is 5.75 Å². The van der Waals surface area contributed by atoms with Crippen molar-refractivity contribution in [2.24, 2.45) is 0 Å². The summed E-state index contributed by atoms with van der Waals surface area (Å²) < 4.78 is 0.733. The van der Waals surface area contributed by atoms with E-state index in [-0.39, 0.29) is 0 Å². The molecule has 3 aromatic carbocycles. The third kappa shape index (κ3) is 1.30. The van der Waals surface area contributed by atoms with E-state index in [0.717, 1.165) is 26.0 Å². The number of halogens is 1. The van der Waals surface area contributed by atoms with Crippen LogP contribution >= 0.6 is 15.9 Å². The van der Waals surface area contributed by atoms with E-state index in [4.69, 9.17) is 0 Å². The molecule has 0 aliphatic rings. The van der Waals surface area contributed by atoms with Gasteiger partial charge in [-0.3, -0.25) is 0 Å². The lowest BCUT2D eigenvalue weighted by Gasteiger charge is -2.07. The first-order valence-corrected chi connectivity index (χ1v) is 5.85. The summed E-state index contributed by atoms with van der Waals surface area (Å²) in [7, 11) is 0. The average Bonchev–Trinajstić information content (AvgIpc) is 2.33. The normalized spacial score (nSPS) is 11.1. The summed E-state index contributed by atoms with van der Waals surface area (Å²) in [5.41, 5.74) is 0. The maximum Gasteiger partial charge on any atom is 0.138 e. The van der Waals surface area contributed by atoms with E-state index < -0.39 is 0 Å². The average molecular weight is 273 g/mol. The molecular weight excluding hydrogens is 264 g/mol. The van der Waals surface area contributed by atoms with Crippen molar-refractivity contribution in [3.8, 4) is 5.75 Å². The molecule has 0 saturated heterocycles. The van der Waals surface area contributed by atoms with Crippen molar-refractivity contribution in [1.82, 2.24) is 0 Å². The SMILES string of the molecule is Oc1c(Br)ccc2ccc3ccccc3c12. The second kappa shape index (κ2) is 3.49. The van der Waals surface area contributed by atoms with E-state index in [9.17, 15) is 5.11 Å². The lowest BCUT2D eigenvalue weighted by atomic mass is 10.0. The fraction of sp³-hybridized carbons (Fsp3) is 0. The molecule has 0 atom stereocenters. The molecular formula is C14H9BrO. The van der Waals surface area contributed by atoms with Crippen molar-refractivity contribution in [3.63, 3.8) is 0 Å². The van der Waals surface area contributed by atoms with Crippen LogP contribution in [0.1, 0.15) is 0 Å². The number of hydrogen-bond donors (Lipinski definition) is 1. The highest BCUT2D eigenvalue weighted by atomic mass is 79.9. The summed E-state index contributed by atoms with van der Waals surface area (Å²) in [6.45, 7) is 0. The smallest absolute Gasteiger partial charge is 0.138 e. The van der Waals surface area contributed by atoms with Gasteiger partial charge < -0.3 is 5.11 Å². The summed E-state index contributed by atoms with van der Waals surface area (Å²) in [6, 6.07) is 16.1. The number of phenolic OH excluding ortho intramolecular Hbond substituents is 1. The van der Waals surface area contributed by atoms with Crippen molar-refractivity contribution >= 4 is 37.5 Å². The van der Waals surface area contributed by atoms with Crippen LogP contribution in [0.25, 0.3) is 21.5 Å². The molecule has 1 nitrogen and oxygen atoms in total. The first kappa shape index (κ1) is 9.67. The largest absolute Gasteiger partial charge is 0.506 e. The maximum atomic E-state index is 10.1. The van der Waals surface area contributed by atoms with Crippen LogP contribution in [0.4, 0.5) is 0 Å². The quantitative estimate of drug-likeness (QED) is 0.599. The highest BCUT2D eigenvalue weighted by Gasteiger charge is 2.07. The van der Waals surface area contributed by atoms with Gasteiger partial charge in [-0.25, -0.2) is 0 Å². The number of aromatic hydroxyl groups is 1. The van der Waals surface area contributed by atoms with E-state index in [1.165, 1.54) is 0 Å². The Kier molecular flexibility index (Phi) is 2.11. The number of phenols is 1. The number of rotatable bonds is 0. The van der Waals surface area contributed by atoms with Crippen LogP contribution in [0.2, 0.25) is 0 Å². The van der Waals surface area contributed by atoms with Gasteiger partial charge in [-0.05, 0) is 38.2 Å². The lowest BCUT2D eigenvalue weighted by Crippen LogP contribution is -1.79. The van der Waals surface area contributed by atoms with Crippen LogP contribution in [-0.2, 0) is 0 Å². The van der Waals surface area contributed by atoms with Crippen LogP contribution in [0.3, 0.4) is 0 Å². The molecule has 0 spiro atoms. The molecule has 0 fully saturated rings. The predicted octanol–water partition coefficient (Wildman–Crippen LogP) is 4.46. The zero-order chi connectivity index (χ0) is 11.1. The van der Waals surface area contributed by atoms with Gasteiger partial charge in [0.25, 0.3) is 0 Å². The molecule has 0 bridgehead atoms. The molecule has 0 aliphatic heterocycles. The van der Waals surface area contributed by atoms with E-state index in [1.54, 1.807) is 0 Å². The van der Waals surface area contributed by atoms with E-state index >= 15 is 0 Å². The zero-order valence-electron chi connectivity index (χ0n) is 8.44. The molecule has 78 valence electrons. The first-order valence-electron chi connectivity index (χ1n) is 5.06. The van der Waals surface area contributed by atoms with Gasteiger partial charge in [0.1, 0.15) is 5.75 Å². The predicted molar refractivity (Wildman–Crippen MR) is 70.8 cm³/mol. The van der Waals surface area contributed by atoms with Gasteiger partial charge in [-0.2, -0.15) is 0 Å². The third-order valence-corrected chi connectivity index (χ3v) is 3.47. The first-order chi connectivity index (χ1) is 7.77. The molecule has 0 unspecified atom stereocenters. The van der Waals surface area contributed by atoms with Crippen molar-refractivity contribution < 1.29 is 5.11 Å². The van der Waals surface area contributed by atoms with Crippen LogP contribution in [0.15, 0.2) is 53.0 Å². The minimum atomic E-state index is 0.314. The summed E-state index contributed by atoms with van der Waals surface area (Å²) in [6.07, 6.45) is 0. The highest BCUT2D eigenvalue weighted by molar-refractivity contribution is 9.10. The Bertz CT molecular complexity index is 689. The molecule has 0 heterocycles. The molecule has 0 saturated carbocycles. The molecule has 2 heteroatoms. The molecule has 16 heavy (non-hydrogen) atoms. The minimum absolute atomic E-state index is 0.314. The Morgan fingerprint density at radius 3 is 2.38 bits per heavy atom. The molecule has 0 aliphatic carbocycles. The van der Waals surface area contributed by atoms with Gasteiger partial charge in [0.2, 0.25) is 0 Å². The summed E-state index contributed by atoms with van der Waals surface area (Å²) in [5.74, 6) is 0.314. The zero-order valence-corrected chi connectivity index (χ0v) is 10.0.